The van der Waals surface area contributed by atoms with Gasteiger partial charge in [0.05, 0.1) is 36.6 Å². The number of aromatic nitrogens is 1. The largest absolute Gasteiger partial charge is 0.478 e. The van der Waals surface area contributed by atoms with Crippen molar-refractivity contribution in [1.29, 1.82) is 0 Å². The Morgan fingerprint density at radius 1 is 0.943 bits per heavy atom. The van der Waals surface area contributed by atoms with Crippen LogP contribution < -0.4 is 4.90 Å². The van der Waals surface area contributed by atoms with E-state index in [4.69, 9.17) is 21.1 Å². The molecular weight excluding hydrogens is 472 g/mol. The van der Waals surface area contributed by atoms with E-state index >= 15 is 0 Å². The summed E-state index contributed by atoms with van der Waals surface area (Å²) in [4.78, 5) is 42.9. The highest BCUT2D eigenvalue weighted by atomic mass is 35.5. The number of fused-ring (bicyclic) bond motifs is 1. The third kappa shape index (κ3) is 4.64. The summed E-state index contributed by atoms with van der Waals surface area (Å²) in [5.41, 5.74) is 2.27. The van der Waals surface area contributed by atoms with E-state index in [1.807, 2.05) is 0 Å². The van der Waals surface area contributed by atoms with Gasteiger partial charge in [-0.1, -0.05) is 29.8 Å². The van der Waals surface area contributed by atoms with Crippen molar-refractivity contribution >= 4 is 46.1 Å². The quantitative estimate of drug-likeness (QED) is 0.511. The van der Waals surface area contributed by atoms with Gasteiger partial charge in [0, 0.05) is 27.9 Å². The van der Waals surface area contributed by atoms with Gasteiger partial charge in [0.15, 0.2) is 0 Å². The fourth-order valence-corrected chi connectivity index (χ4v) is 3.85. The van der Waals surface area contributed by atoms with Crippen LogP contribution in [0.1, 0.15) is 10.4 Å². The van der Waals surface area contributed by atoms with Crippen LogP contribution in [0.25, 0.3) is 22.2 Å². The molecule has 4 rings (SSSR count). The third-order valence-electron chi connectivity index (χ3n) is 5.33. The van der Waals surface area contributed by atoms with Gasteiger partial charge in [-0.2, -0.15) is 0 Å². The molecule has 1 N–H and O–H groups in total. The van der Waals surface area contributed by atoms with Crippen LogP contribution >= 0.6 is 11.6 Å². The lowest BCUT2D eigenvalue weighted by Crippen LogP contribution is -2.26. The fraction of sp³-hybridized carbons (Fsp3) is 0.0769. The molecule has 2 aromatic carbocycles. The van der Waals surface area contributed by atoms with E-state index in [1.165, 1.54) is 31.3 Å². The normalized spacial score (nSPS) is 13.1. The van der Waals surface area contributed by atoms with Crippen molar-refractivity contribution in [2.75, 3.05) is 19.1 Å². The molecule has 0 amide bonds. The van der Waals surface area contributed by atoms with Crippen molar-refractivity contribution in [1.82, 2.24) is 4.98 Å². The standard InChI is InChI=1S/C26H19ClN2O6/c1-34-25(32)18-5-3-4-12-29(23(18)26(33)35-2)17-9-6-15(7-10-17)22-14-20(24(30)31)19-13-16(27)8-11-21(19)28-22/h3-14H,1-2H3,(H,30,31). The van der Waals surface area contributed by atoms with E-state index in [-0.39, 0.29) is 16.8 Å². The number of carbonyl (C=O) groups is 3. The summed E-state index contributed by atoms with van der Waals surface area (Å²) in [6, 6.07) is 13.3. The molecule has 1 aromatic heterocycles. The predicted molar refractivity (Wildman–Crippen MR) is 131 cm³/mol. The predicted octanol–water partition coefficient (Wildman–Crippen LogP) is 4.74. The molecule has 0 aliphatic carbocycles. The first kappa shape index (κ1) is 23.7. The summed E-state index contributed by atoms with van der Waals surface area (Å²) in [5, 5.41) is 10.6. The number of esters is 2. The molecule has 3 aromatic rings. The summed E-state index contributed by atoms with van der Waals surface area (Å²) in [6.07, 6.45) is 6.38. The highest BCUT2D eigenvalue weighted by Gasteiger charge is 2.27. The number of carboxylic acid groups (broad SMARTS) is 1. The third-order valence-corrected chi connectivity index (χ3v) is 5.57. The first-order valence-corrected chi connectivity index (χ1v) is 10.7. The Morgan fingerprint density at radius 2 is 1.66 bits per heavy atom. The molecule has 35 heavy (non-hydrogen) atoms. The van der Waals surface area contributed by atoms with Crippen LogP contribution in [0.15, 0.2) is 84.2 Å². The Hall–Kier alpha value is -4.43. The van der Waals surface area contributed by atoms with Gasteiger partial charge in [-0.05, 0) is 48.6 Å². The number of halogens is 1. The first-order valence-electron chi connectivity index (χ1n) is 10.3. The summed E-state index contributed by atoms with van der Waals surface area (Å²) in [6.45, 7) is 0. The molecule has 0 radical (unpaired) electrons. The van der Waals surface area contributed by atoms with Crippen molar-refractivity contribution in [2.45, 2.75) is 0 Å². The van der Waals surface area contributed by atoms with E-state index in [9.17, 15) is 19.5 Å². The smallest absolute Gasteiger partial charge is 0.355 e. The number of anilines is 1. The molecular formula is C26H19ClN2O6. The maximum atomic E-state index is 12.6. The monoisotopic (exact) mass is 490 g/mol. The van der Waals surface area contributed by atoms with Crippen LogP contribution in [0.3, 0.4) is 0 Å². The number of allylic oxidation sites excluding steroid dienone is 2. The van der Waals surface area contributed by atoms with Gasteiger partial charge < -0.3 is 19.5 Å². The highest BCUT2D eigenvalue weighted by Crippen LogP contribution is 2.31. The second-order valence-electron chi connectivity index (χ2n) is 7.38. The van der Waals surface area contributed by atoms with E-state index < -0.39 is 17.9 Å². The molecule has 0 spiro atoms. The number of carbonyl (C=O) groups excluding carboxylic acids is 2. The van der Waals surface area contributed by atoms with E-state index in [2.05, 4.69) is 4.98 Å². The molecule has 0 unspecified atom stereocenters. The van der Waals surface area contributed by atoms with Gasteiger partial charge in [-0.25, -0.2) is 19.4 Å². The molecule has 8 nitrogen and oxygen atoms in total. The lowest BCUT2D eigenvalue weighted by molar-refractivity contribution is -0.139. The summed E-state index contributed by atoms with van der Waals surface area (Å²) < 4.78 is 9.74. The number of aromatic carboxylic acids is 1. The molecule has 176 valence electrons. The lowest BCUT2D eigenvalue weighted by Gasteiger charge is -2.23. The second-order valence-corrected chi connectivity index (χ2v) is 7.82. The maximum Gasteiger partial charge on any atom is 0.355 e. The maximum absolute atomic E-state index is 12.6. The molecule has 1 aliphatic heterocycles. The van der Waals surface area contributed by atoms with E-state index in [1.54, 1.807) is 60.8 Å². The van der Waals surface area contributed by atoms with Crippen molar-refractivity contribution in [3.8, 4) is 11.3 Å². The Bertz CT molecular complexity index is 1440. The Kier molecular flexibility index (Phi) is 6.66. The van der Waals surface area contributed by atoms with Crippen molar-refractivity contribution in [2.24, 2.45) is 0 Å². The van der Waals surface area contributed by atoms with Gasteiger partial charge in [-0.15, -0.1) is 0 Å². The van der Waals surface area contributed by atoms with Gasteiger partial charge in [0.25, 0.3) is 0 Å². The Morgan fingerprint density at radius 3 is 2.31 bits per heavy atom. The molecule has 1 aliphatic rings. The average molecular weight is 491 g/mol. The Labute approximate surface area is 205 Å². The van der Waals surface area contributed by atoms with Gasteiger partial charge >= 0.3 is 17.9 Å². The summed E-state index contributed by atoms with van der Waals surface area (Å²) in [7, 11) is 2.45. The second kappa shape index (κ2) is 9.82. The topological polar surface area (TPSA) is 106 Å². The van der Waals surface area contributed by atoms with Crippen molar-refractivity contribution in [3.63, 3.8) is 0 Å². The number of pyridine rings is 1. The molecule has 0 saturated heterocycles. The molecule has 0 atom stereocenters. The zero-order chi connectivity index (χ0) is 25.1. The SMILES string of the molecule is COC(=O)C1=C(C(=O)OC)N(c2ccc(-c3cc(C(=O)O)c4cc(Cl)ccc4n3)cc2)C=CC=C1. The Balaban J connectivity index is 1.79. The molecule has 0 saturated carbocycles. The van der Waals surface area contributed by atoms with Crippen LogP contribution in [0.2, 0.25) is 5.02 Å². The van der Waals surface area contributed by atoms with Crippen LogP contribution in [-0.4, -0.2) is 42.2 Å². The molecule has 9 heteroatoms. The zero-order valence-corrected chi connectivity index (χ0v) is 19.4. The van der Waals surface area contributed by atoms with Crippen LogP contribution in [-0.2, 0) is 19.1 Å². The number of nitrogens with zero attached hydrogens (tertiary/aromatic N) is 2. The number of hydrogen-bond donors (Lipinski definition) is 1. The first-order chi connectivity index (χ1) is 16.8. The zero-order valence-electron chi connectivity index (χ0n) is 18.7. The van der Waals surface area contributed by atoms with E-state index in [0.29, 0.717) is 32.9 Å². The average Bonchev–Trinajstić information content (AvgIpc) is 3.10. The number of carboxylic acids is 1. The van der Waals surface area contributed by atoms with Gasteiger partial charge in [0.1, 0.15) is 5.70 Å². The van der Waals surface area contributed by atoms with E-state index in [0.717, 1.165) is 0 Å². The molecule has 0 fully saturated rings. The number of hydrogen-bond acceptors (Lipinski definition) is 7. The number of benzene rings is 2. The summed E-state index contributed by atoms with van der Waals surface area (Å²) in [5.74, 6) is -2.50. The lowest BCUT2D eigenvalue weighted by atomic mass is 10.0. The highest BCUT2D eigenvalue weighted by molar-refractivity contribution is 6.31. The minimum atomic E-state index is -1.09. The minimum Gasteiger partial charge on any atom is -0.478 e. The molecule has 0 bridgehead atoms. The summed E-state index contributed by atoms with van der Waals surface area (Å²) >= 11 is 6.04. The van der Waals surface area contributed by atoms with Crippen LogP contribution in [0.5, 0.6) is 0 Å². The fourth-order valence-electron chi connectivity index (χ4n) is 3.68. The minimum absolute atomic E-state index is 0.00836. The number of methoxy groups -OCH3 is 2. The van der Waals surface area contributed by atoms with Gasteiger partial charge in [0.2, 0.25) is 0 Å². The number of rotatable bonds is 5. The van der Waals surface area contributed by atoms with Crippen molar-refractivity contribution < 1.29 is 29.0 Å². The molecule has 2 heterocycles. The van der Waals surface area contributed by atoms with Crippen LogP contribution in [0, 0.1) is 0 Å². The number of ether oxygens (including phenoxy) is 2. The van der Waals surface area contributed by atoms with Crippen molar-refractivity contribution in [3.05, 3.63) is 94.8 Å². The van der Waals surface area contributed by atoms with Gasteiger partial charge in [-0.3, -0.25) is 0 Å². The van der Waals surface area contributed by atoms with Crippen LogP contribution in [0.4, 0.5) is 5.69 Å².